The first-order valence-corrected chi connectivity index (χ1v) is 9.07. The Bertz CT molecular complexity index is 447. The average molecular weight is 306 g/mol. The maximum Gasteiger partial charge on any atom is 0.251 e. The van der Waals surface area contributed by atoms with Gasteiger partial charge in [-0.15, -0.1) is 0 Å². The van der Waals surface area contributed by atoms with Crippen LogP contribution >= 0.6 is 11.8 Å². The number of nitrogens with one attached hydrogen (secondary N) is 1. The lowest BCUT2D eigenvalue weighted by Crippen LogP contribution is -2.44. The summed E-state index contributed by atoms with van der Waals surface area (Å²) in [6, 6.07) is 8.21. The Morgan fingerprint density at radius 3 is 2.67 bits per heavy atom. The Morgan fingerprint density at radius 1 is 1.29 bits per heavy atom. The van der Waals surface area contributed by atoms with Crippen LogP contribution in [0.5, 0.6) is 0 Å². The SMILES string of the molecule is CCSCc1ccc(C(=O)NC2CCCCC2CN)cc1. The van der Waals surface area contributed by atoms with E-state index in [2.05, 4.69) is 24.4 Å². The molecule has 1 fully saturated rings. The molecule has 3 nitrogen and oxygen atoms in total. The minimum absolute atomic E-state index is 0.0371. The van der Waals surface area contributed by atoms with Gasteiger partial charge in [0.2, 0.25) is 0 Å². The van der Waals surface area contributed by atoms with Crippen LogP contribution in [0.1, 0.15) is 48.5 Å². The van der Waals surface area contributed by atoms with Crippen molar-refractivity contribution in [1.29, 1.82) is 0 Å². The van der Waals surface area contributed by atoms with Crippen molar-refractivity contribution in [3.8, 4) is 0 Å². The van der Waals surface area contributed by atoms with E-state index in [1.54, 1.807) is 0 Å². The lowest BCUT2D eigenvalue weighted by Gasteiger charge is -2.31. The molecule has 1 amide bonds. The van der Waals surface area contributed by atoms with Gasteiger partial charge in [-0.05, 0) is 48.8 Å². The minimum Gasteiger partial charge on any atom is -0.349 e. The van der Waals surface area contributed by atoms with Gasteiger partial charge in [0.15, 0.2) is 0 Å². The molecule has 0 radical (unpaired) electrons. The summed E-state index contributed by atoms with van der Waals surface area (Å²) in [5.74, 6) is 2.60. The molecule has 3 N–H and O–H groups in total. The zero-order chi connectivity index (χ0) is 15.1. The monoisotopic (exact) mass is 306 g/mol. The van der Waals surface area contributed by atoms with Crippen LogP contribution < -0.4 is 11.1 Å². The first-order valence-electron chi connectivity index (χ1n) is 7.92. The van der Waals surface area contributed by atoms with E-state index < -0.39 is 0 Å². The van der Waals surface area contributed by atoms with Gasteiger partial charge in [0.1, 0.15) is 0 Å². The zero-order valence-electron chi connectivity index (χ0n) is 12.8. The maximum absolute atomic E-state index is 12.3. The molecule has 2 unspecified atom stereocenters. The van der Waals surface area contributed by atoms with Crippen LogP contribution in [0, 0.1) is 5.92 Å². The van der Waals surface area contributed by atoms with Crippen LogP contribution in [0.4, 0.5) is 0 Å². The molecule has 2 rings (SSSR count). The fraction of sp³-hybridized carbons (Fsp3) is 0.588. The van der Waals surface area contributed by atoms with Crippen LogP contribution in [0.15, 0.2) is 24.3 Å². The van der Waals surface area contributed by atoms with E-state index in [0.29, 0.717) is 12.5 Å². The second-order valence-electron chi connectivity index (χ2n) is 5.69. The van der Waals surface area contributed by atoms with Gasteiger partial charge < -0.3 is 11.1 Å². The molecule has 0 saturated heterocycles. The summed E-state index contributed by atoms with van der Waals surface area (Å²) in [6.07, 6.45) is 4.61. The second kappa shape index (κ2) is 8.44. The van der Waals surface area contributed by atoms with E-state index in [1.165, 1.54) is 18.4 Å². The highest BCUT2D eigenvalue weighted by atomic mass is 32.2. The number of carbonyl (C=O) groups is 1. The van der Waals surface area contributed by atoms with Gasteiger partial charge >= 0.3 is 0 Å². The quantitative estimate of drug-likeness (QED) is 0.848. The standard InChI is InChI=1S/C17H26N2OS/c1-2-21-12-13-7-9-14(10-8-13)17(20)19-16-6-4-3-5-15(16)11-18/h7-10,15-16H,2-6,11-12,18H2,1H3,(H,19,20). The molecule has 0 aliphatic heterocycles. The predicted octanol–water partition coefficient (Wildman–Crippen LogP) is 3.19. The molecule has 116 valence electrons. The van der Waals surface area contributed by atoms with Crippen molar-refractivity contribution < 1.29 is 4.79 Å². The van der Waals surface area contributed by atoms with E-state index >= 15 is 0 Å². The predicted molar refractivity (Wildman–Crippen MR) is 90.5 cm³/mol. The lowest BCUT2D eigenvalue weighted by molar-refractivity contribution is 0.0908. The van der Waals surface area contributed by atoms with Gasteiger partial charge in [-0.25, -0.2) is 0 Å². The van der Waals surface area contributed by atoms with Gasteiger partial charge in [-0.2, -0.15) is 11.8 Å². The molecule has 4 heteroatoms. The van der Waals surface area contributed by atoms with E-state index in [9.17, 15) is 4.79 Å². The smallest absolute Gasteiger partial charge is 0.251 e. The zero-order valence-corrected chi connectivity index (χ0v) is 13.6. The number of amides is 1. The highest BCUT2D eigenvalue weighted by Crippen LogP contribution is 2.24. The third-order valence-electron chi connectivity index (χ3n) is 4.22. The largest absolute Gasteiger partial charge is 0.349 e. The van der Waals surface area contributed by atoms with Crippen LogP contribution in [-0.4, -0.2) is 24.2 Å². The molecule has 1 aliphatic rings. The van der Waals surface area contributed by atoms with Crippen LogP contribution in [-0.2, 0) is 5.75 Å². The first-order chi connectivity index (χ1) is 10.2. The molecule has 0 aromatic heterocycles. The maximum atomic E-state index is 12.3. The lowest BCUT2D eigenvalue weighted by atomic mass is 9.84. The average Bonchev–Trinajstić information content (AvgIpc) is 2.54. The van der Waals surface area contributed by atoms with Gasteiger partial charge in [0.05, 0.1) is 0 Å². The summed E-state index contributed by atoms with van der Waals surface area (Å²) in [6.45, 7) is 2.82. The molecule has 2 atom stereocenters. The number of thioether (sulfide) groups is 1. The van der Waals surface area contributed by atoms with Gasteiger partial charge in [-0.3, -0.25) is 4.79 Å². The third kappa shape index (κ3) is 4.75. The molecule has 0 spiro atoms. The fourth-order valence-corrected chi connectivity index (χ4v) is 3.54. The Morgan fingerprint density at radius 2 is 2.00 bits per heavy atom. The van der Waals surface area contributed by atoms with E-state index in [4.69, 9.17) is 5.73 Å². The van der Waals surface area contributed by atoms with Gasteiger partial charge in [0.25, 0.3) is 5.91 Å². The summed E-state index contributed by atoms with van der Waals surface area (Å²) in [4.78, 5) is 12.3. The molecule has 0 bridgehead atoms. The Kier molecular flexibility index (Phi) is 6.58. The summed E-state index contributed by atoms with van der Waals surface area (Å²) < 4.78 is 0. The highest BCUT2D eigenvalue weighted by molar-refractivity contribution is 7.98. The number of hydrogen-bond acceptors (Lipinski definition) is 3. The topological polar surface area (TPSA) is 55.1 Å². The molecule has 1 saturated carbocycles. The molecular formula is C17H26N2OS. The first kappa shape index (κ1) is 16.4. The Hall–Kier alpha value is -1.00. The summed E-state index contributed by atoms with van der Waals surface area (Å²) in [5, 5.41) is 3.17. The highest BCUT2D eigenvalue weighted by Gasteiger charge is 2.25. The normalized spacial score (nSPS) is 22.0. The van der Waals surface area contributed by atoms with Crippen molar-refractivity contribution >= 4 is 17.7 Å². The number of benzene rings is 1. The Balaban J connectivity index is 1.93. The second-order valence-corrected chi connectivity index (χ2v) is 6.97. The number of hydrogen-bond donors (Lipinski definition) is 2. The number of rotatable bonds is 6. The summed E-state index contributed by atoms with van der Waals surface area (Å²) in [5.41, 5.74) is 7.85. The molecule has 1 aromatic rings. The van der Waals surface area contributed by atoms with Gasteiger partial charge in [0, 0.05) is 17.4 Å². The van der Waals surface area contributed by atoms with Crippen molar-refractivity contribution in [2.45, 2.75) is 44.4 Å². The molecule has 1 aliphatic carbocycles. The van der Waals surface area contributed by atoms with Crippen molar-refractivity contribution in [3.05, 3.63) is 35.4 Å². The number of carbonyl (C=O) groups excluding carboxylic acids is 1. The minimum atomic E-state index is 0.0371. The van der Waals surface area contributed by atoms with Crippen molar-refractivity contribution in [2.75, 3.05) is 12.3 Å². The fourth-order valence-electron chi connectivity index (χ4n) is 2.90. The van der Waals surface area contributed by atoms with Crippen LogP contribution in [0.3, 0.4) is 0 Å². The van der Waals surface area contributed by atoms with Crippen LogP contribution in [0.2, 0.25) is 0 Å². The summed E-state index contributed by atoms with van der Waals surface area (Å²) >= 11 is 1.89. The summed E-state index contributed by atoms with van der Waals surface area (Å²) in [7, 11) is 0. The van der Waals surface area contributed by atoms with E-state index in [1.807, 2.05) is 23.9 Å². The van der Waals surface area contributed by atoms with Gasteiger partial charge in [-0.1, -0.05) is 31.9 Å². The number of nitrogens with two attached hydrogens (primary N) is 1. The molecule has 1 aromatic carbocycles. The molecular weight excluding hydrogens is 280 g/mol. The Labute approximate surface area is 132 Å². The third-order valence-corrected chi connectivity index (χ3v) is 5.16. The van der Waals surface area contributed by atoms with Crippen molar-refractivity contribution in [1.82, 2.24) is 5.32 Å². The molecule has 21 heavy (non-hydrogen) atoms. The molecule has 0 heterocycles. The van der Waals surface area contributed by atoms with Crippen molar-refractivity contribution in [3.63, 3.8) is 0 Å². The van der Waals surface area contributed by atoms with E-state index in [-0.39, 0.29) is 11.9 Å². The van der Waals surface area contributed by atoms with E-state index in [0.717, 1.165) is 29.9 Å². The van der Waals surface area contributed by atoms with Crippen molar-refractivity contribution in [2.24, 2.45) is 11.7 Å². The van der Waals surface area contributed by atoms with Crippen LogP contribution in [0.25, 0.3) is 0 Å².